The minimum Gasteiger partial charge on any atom is -0.389 e. The number of halogens is 2. The predicted molar refractivity (Wildman–Crippen MR) is 83.6 cm³/mol. The summed E-state index contributed by atoms with van der Waals surface area (Å²) >= 11 is 4.79. The van der Waals surface area contributed by atoms with Gasteiger partial charge in [-0.3, -0.25) is 4.90 Å². The Morgan fingerprint density at radius 3 is 2.57 bits per heavy atom. The highest BCUT2D eigenvalue weighted by Gasteiger charge is 2.36. The second-order valence-corrected chi connectivity index (χ2v) is 6.38. The third-order valence-electron chi connectivity index (χ3n) is 4.53. The summed E-state index contributed by atoms with van der Waals surface area (Å²) in [7, 11) is 0. The summed E-state index contributed by atoms with van der Waals surface area (Å²) in [6.07, 6.45) is 2.26. The zero-order chi connectivity index (χ0) is 15.1. The molecule has 2 saturated heterocycles. The lowest BCUT2D eigenvalue weighted by Crippen LogP contribution is -2.55. The van der Waals surface area contributed by atoms with Gasteiger partial charge in [0.05, 0.1) is 0 Å². The molecule has 2 atom stereocenters. The smallest absolute Gasteiger partial charge is 0.150 e. The first-order chi connectivity index (χ1) is 9.97. The summed E-state index contributed by atoms with van der Waals surface area (Å²) < 4.78 is 28.7. The molecule has 2 fully saturated rings. The Hall–Kier alpha value is -1.27. The Bertz CT molecular complexity index is 555. The standard InChI is InChI=1S/C15H19F2N3S/c1-9-7-19-4-2-3-11(19)8-20(9)14-12(16)5-10(15(18)21)6-13(14)17/h5-6,9,11H,2-4,7-8H2,1H3,(H2,18,21). The fourth-order valence-electron chi connectivity index (χ4n) is 3.48. The number of nitrogens with zero attached hydrogens (tertiary/aromatic N) is 2. The molecule has 21 heavy (non-hydrogen) atoms. The maximum atomic E-state index is 14.4. The average molecular weight is 311 g/mol. The number of hydrogen-bond acceptors (Lipinski definition) is 3. The van der Waals surface area contributed by atoms with Crippen molar-refractivity contribution < 1.29 is 8.78 Å². The van der Waals surface area contributed by atoms with Gasteiger partial charge in [-0.1, -0.05) is 12.2 Å². The first-order valence-corrected chi connectivity index (χ1v) is 7.67. The number of anilines is 1. The fraction of sp³-hybridized carbons (Fsp3) is 0.533. The lowest BCUT2D eigenvalue weighted by Gasteiger charge is -2.43. The highest BCUT2D eigenvalue weighted by Crippen LogP contribution is 2.32. The number of rotatable bonds is 2. The Morgan fingerprint density at radius 1 is 1.29 bits per heavy atom. The minimum atomic E-state index is -0.587. The summed E-state index contributed by atoms with van der Waals surface area (Å²) in [5, 5.41) is 0. The van der Waals surface area contributed by atoms with Crippen LogP contribution in [0.3, 0.4) is 0 Å². The van der Waals surface area contributed by atoms with Gasteiger partial charge in [0.2, 0.25) is 0 Å². The molecule has 3 nitrogen and oxygen atoms in total. The third-order valence-corrected chi connectivity index (χ3v) is 4.76. The van der Waals surface area contributed by atoms with E-state index in [9.17, 15) is 8.78 Å². The Morgan fingerprint density at radius 2 is 1.95 bits per heavy atom. The van der Waals surface area contributed by atoms with E-state index in [0.717, 1.165) is 25.9 Å². The van der Waals surface area contributed by atoms with E-state index in [1.807, 2.05) is 11.8 Å². The van der Waals surface area contributed by atoms with Crippen molar-refractivity contribution in [2.24, 2.45) is 5.73 Å². The molecule has 6 heteroatoms. The van der Waals surface area contributed by atoms with Crippen LogP contribution in [-0.2, 0) is 0 Å². The molecule has 0 aromatic heterocycles. The normalized spacial score (nSPS) is 26.0. The van der Waals surface area contributed by atoms with Gasteiger partial charge in [0.15, 0.2) is 0 Å². The number of piperazine rings is 1. The summed E-state index contributed by atoms with van der Waals surface area (Å²) in [5.74, 6) is -1.17. The molecule has 0 radical (unpaired) electrons. The summed E-state index contributed by atoms with van der Waals surface area (Å²) in [4.78, 5) is 4.27. The van der Waals surface area contributed by atoms with E-state index in [1.165, 1.54) is 12.1 Å². The Labute approximate surface area is 128 Å². The van der Waals surface area contributed by atoms with Gasteiger partial charge in [-0.25, -0.2) is 8.78 Å². The van der Waals surface area contributed by atoms with Gasteiger partial charge in [0.1, 0.15) is 22.3 Å². The van der Waals surface area contributed by atoms with Crippen LogP contribution in [-0.4, -0.2) is 41.6 Å². The molecule has 2 N–H and O–H groups in total. The molecule has 114 valence electrons. The summed E-state index contributed by atoms with van der Waals surface area (Å²) in [6.45, 7) is 4.62. The Kier molecular flexibility index (Phi) is 3.84. The zero-order valence-corrected chi connectivity index (χ0v) is 12.8. The highest BCUT2D eigenvalue weighted by atomic mass is 32.1. The van der Waals surface area contributed by atoms with E-state index >= 15 is 0 Å². The van der Waals surface area contributed by atoms with Crippen LogP contribution in [0, 0.1) is 11.6 Å². The molecule has 2 unspecified atom stereocenters. The van der Waals surface area contributed by atoms with Gasteiger partial charge in [-0.15, -0.1) is 0 Å². The molecule has 0 spiro atoms. The van der Waals surface area contributed by atoms with Crippen molar-refractivity contribution >= 4 is 22.9 Å². The number of hydrogen-bond donors (Lipinski definition) is 1. The van der Waals surface area contributed by atoms with Crippen LogP contribution in [0.4, 0.5) is 14.5 Å². The SMILES string of the molecule is CC1CN2CCCC2CN1c1c(F)cc(C(N)=S)cc1F. The van der Waals surface area contributed by atoms with Crippen molar-refractivity contribution in [2.45, 2.75) is 31.8 Å². The maximum absolute atomic E-state index is 14.4. The molecule has 1 aromatic rings. The van der Waals surface area contributed by atoms with E-state index in [2.05, 4.69) is 4.90 Å². The van der Waals surface area contributed by atoms with Crippen molar-refractivity contribution in [1.82, 2.24) is 4.90 Å². The first kappa shape index (κ1) is 14.7. The molecule has 3 rings (SSSR count). The molecule has 0 amide bonds. The zero-order valence-electron chi connectivity index (χ0n) is 12.0. The monoisotopic (exact) mass is 311 g/mol. The van der Waals surface area contributed by atoms with Gasteiger partial charge in [-0.2, -0.15) is 0 Å². The number of fused-ring (bicyclic) bond motifs is 1. The van der Waals surface area contributed by atoms with E-state index in [4.69, 9.17) is 18.0 Å². The van der Waals surface area contributed by atoms with Gasteiger partial charge < -0.3 is 10.6 Å². The average Bonchev–Trinajstić information content (AvgIpc) is 2.84. The number of benzene rings is 1. The quantitative estimate of drug-likeness (QED) is 0.849. The molecule has 1 aromatic carbocycles. The molecule has 2 aliphatic rings. The van der Waals surface area contributed by atoms with Crippen LogP contribution in [0.15, 0.2) is 12.1 Å². The van der Waals surface area contributed by atoms with Crippen LogP contribution in [0.5, 0.6) is 0 Å². The summed E-state index contributed by atoms with van der Waals surface area (Å²) in [6, 6.07) is 2.94. The van der Waals surface area contributed by atoms with Crippen LogP contribution >= 0.6 is 12.2 Å². The molecular weight excluding hydrogens is 292 g/mol. The van der Waals surface area contributed by atoms with Gasteiger partial charge in [0, 0.05) is 30.7 Å². The van der Waals surface area contributed by atoms with Crippen LogP contribution in [0.25, 0.3) is 0 Å². The van der Waals surface area contributed by atoms with Crippen molar-refractivity contribution in [1.29, 1.82) is 0 Å². The van der Waals surface area contributed by atoms with Crippen LogP contribution in [0.2, 0.25) is 0 Å². The van der Waals surface area contributed by atoms with Crippen LogP contribution < -0.4 is 10.6 Å². The number of nitrogens with two attached hydrogens (primary N) is 1. The van der Waals surface area contributed by atoms with Crippen molar-refractivity contribution in [2.75, 3.05) is 24.5 Å². The van der Waals surface area contributed by atoms with Crippen molar-refractivity contribution in [3.05, 3.63) is 29.3 Å². The van der Waals surface area contributed by atoms with Gasteiger partial charge in [-0.05, 0) is 38.4 Å². The molecule has 0 aliphatic carbocycles. The maximum Gasteiger partial charge on any atom is 0.150 e. The second-order valence-electron chi connectivity index (χ2n) is 5.95. The lowest BCUT2D eigenvalue weighted by atomic mass is 10.1. The van der Waals surface area contributed by atoms with E-state index in [1.54, 1.807) is 0 Å². The Balaban J connectivity index is 1.94. The van der Waals surface area contributed by atoms with E-state index in [0.29, 0.717) is 12.6 Å². The predicted octanol–water partition coefficient (Wildman–Crippen LogP) is 2.27. The molecular formula is C15H19F2N3S. The molecule has 0 saturated carbocycles. The second kappa shape index (κ2) is 5.50. The van der Waals surface area contributed by atoms with E-state index < -0.39 is 11.6 Å². The van der Waals surface area contributed by atoms with Crippen molar-refractivity contribution in [3.8, 4) is 0 Å². The largest absolute Gasteiger partial charge is 0.389 e. The van der Waals surface area contributed by atoms with Crippen LogP contribution in [0.1, 0.15) is 25.3 Å². The first-order valence-electron chi connectivity index (χ1n) is 7.27. The molecule has 0 bridgehead atoms. The number of thiocarbonyl (C=S) groups is 1. The van der Waals surface area contributed by atoms with Gasteiger partial charge >= 0.3 is 0 Å². The fourth-order valence-corrected chi connectivity index (χ4v) is 3.60. The molecule has 2 heterocycles. The molecule has 2 aliphatic heterocycles. The highest BCUT2D eigenvalue weighted by molar-refractivity contribution is 7.80. The van der Waals surface area contributed by atoms with E-state index in [-0.39, 0.29) is 22.3 Å². The topological polar surface area (TPSA) is 32.5 Å². The van der Waals surface area contributed by atoms with Gasteiger partial charge in [0.25, 0.3) is 0 Å². The summed E-state index contributed by atoms with van der Waals surface area (Å²) in [5.41, 5.74) is 5.74. The minimum absolute atomic E-state index is 0.00742. The third kappa shape index (κ3) is 2.62. The van der Waals surface area contributed by atoms with Crippen molar-refractivity contribution in [3.63, 3.8) is 0 Å². The lowest BCUT2D eigenvalue weighted by molar-refractivity contribution is 0.201.